The monoisotopic (exact) mass is 422 g/mol. The smallest absolute Gasteiger partial charge is 0.305 e. The van der Waals surface area contributed by atoms with Crippen LogP contribution in [0.2, 0.25) is 0 Å². The summed E-state index contributed by atoms with van der Waals surface area (Å²) in [7, 11) is 1.66. The maximum Gasteiger partial charge on any atom is 0.305 e. The Morgan fingerprint density at radius 2 is 2.21 bits per heavy atom. The van der Waals surface area contributed by atoms with Crippen molar-refractivity contribution in [2.45, 2.75) is 18.2 Å². The zero-order valence-corrected chi connectivity index (χ0v) is 17.1. The molecule has 0 aromatic heterocycles. The summed E-state index contributed by atoms with van der Waals surface area (Å²) in [6.07, 6.45) is 1.37. The molecule has 1 amide bonds. The second-order valence-corrected chi connectivity index (χ2v) is 8.72. The third kappa shape index (κ3) is 5.73. The van der Waals surface area contributed by atoms with Gasteiger partial charge in [0.25, 0.3) is 0 Å². The van der Waals surface area contributed by atoms with Gasteiger partial charge in [-0.05, 0) is 23.8 Å². The van der Waals surface area contributed by atoms with Crippen LogP contribution in [0.4, 0.5) is 0 Å². The number of carboxylic acids is 1. The Morgan fingerprint density at radius 1 is 1.43 bits per heavy atom. The van der Waals surface area contributed by atoms with Crippen LogP contribution in [0.3, 0.4) is 0 Å². The lowest BCUT2D eigenvalue weighted by Gasteiger charge is -2.26. The fraction of sp³-hybridized carbons (Fsp3) is 0.444. The first-order valence-corrected chi connectivity index (χ1v) is 10.9. The Labute approximate surface area is 171 Å². The molecule has 2 aliphatic heterocycles. The van der Waals surface area contributed by atoms with Crippen molar-refractivity contribution in [3.8, 4) is 5.75 Å². The number of carboxylic acid groups (broad SMARTS) is 1. The van der Waals surface area contributed by atoms with Gasteiger partial charge < -0.3 is 15.2 Å². The molecule has 0 aliphatic carbocycles. The van der Waals surface area contributed by atoms with Crippen molar-refractivity contribution in [1.82, 2.24) is 10.2 Å². The van der Waals surface area contributed by atoms with Crippen molar-refractivity contribution in [3.05, 3.63) is 29.3 Å². The van der Waals surface area contributed by atoms with Gasteiger partial charge in [-0.1, -0.05) is 11.8 Å². The standard InChI is InChI=1S/C18H22N4O4S2/c1-26-14-3-2-12(8-13(14)11-22-4-6-27-7-5-22)10-19-21-18-20-17(25)15(28-18)9-16(23)24/h2-3,8,10,15H,4-7,9,11H2,1H3,(H,23,24)(H,20,21,25). The number of carbonyl (C=O) groups excluding carboxylic acids is 1. The predicted molar refractivity (Wildman–Crippen MR) is 112 cm³/mol. The summed E-state index contributed by atoms with van der Waals surface area (Å²) < 4.78 is 5.48. The number of carbonyl (C=O) groups is 2. The molecule has 2 heterocycles. The number of hydrogen-bond donors (Lipinski definition) is 2. The largest absolute Gasteiger partial charge is 0.496 e. The highest BCUT2D eigenvalue weighted by Gasteiger charge is 2.32. The average Bonchev–Trinajstić information content (AvgIpc) is 3.01. The summed E-state index contributed by atoms with van der Waals surface area (Å²) in [5.41, 5.74) is 1.97. The Kier molecular flexibility index (Phi) is 7.35. The number of thioether (sulfide) groups is 2. The fourth-order valence-corrected chi connectivity index (χ4v) is 4.79. The molecule has 2 aliphatic rings. The first kappa shape index (κ1) is 20.7. The summed E-state index contributed by atoms with van der Waals surface area (Å²) in [5, 5.41) is 19.0. The average molecular weight is 423 g/mol. The molecule has 1 aromatic carbocycles. The van der Waals surface area contributed by atoms with Gasteiger partial charge >= 0.3 is 5.97 Å². The summed E-state index contributed by atoms with van der Waals surface area (Å²) in [6.45, 7) is 2.95. The highest BCUT2D eigenvalue weighted by Crippen LogP contribution is 2.24. The number of amidine groups is 1. The minimum Gasteiger partial charge on any atom is -0.496 e. The van der Waals surface area contributed by atoms with Gasteiger partial charge in [-0.2, -0.15) is 16.9 Å². The predicted octanol–water partition coefficient (Wildman–Crippen LogP) is 1.64. The number of amides is 1. The molecule has 8 nitrogen and oxygen atoms in total. The summed E-state index contributed by atoms with van der Waals surface area (Å²) in [4.78, 5) is 24.9. The second-order valence-electron chi connectivity index (χ2n) is 6.30. The Hall–Kier alpha value is -2.04. The lowest BCUT2D eigenvalue weighted by atomic mass is 10.1. The Morgan fingerprint density at radius 3 is 2.93 bits per heavy atom. The Balaban J connectivity index is 1.65. The van der Waals surface area contributed by atoms with Crippen molar-refractivity contribution in [3.63, 3.8) is 0 Å². The van der Waals surface area contributed by atoms with E-state index in [1.165, 1.54) is 0 Å². The first-order valence-electron chi connectivity index (χ1n) is 8.82. The molecule has 2 N–H and O–H groups in total. The summed E-state index contributed by atoms with van der Waals surface area (Å²) >= 11 is 3.06. The molecule has 28 heavy (non-hydrogen) atoms. The molecule has 0 radical (unpaired) electrons. The Bertz CT molecular complexity index is 794. The fourth-order valence-electron chi connectivity index (χ4n) is 2.90. The molecule has 10 heteroatoms. The van der Waals surface area contributed by atoms with Gasteiger partial charge in [-0.3, -0.25) is 14.5 Å². The molecule has 2 fully saturated rings. The molecule has 0 spiro atoms. The van der Waals surface area contributed by atoms with Gasteiger partial charge in [0.2, 0.25) is 5.91 Å². The normalized spacial score (nSPS) is 22.0. The quantitative estimate of drug-likeness (QED) is 0.508. The van der Waals surface area contributed by atoms with E-state index >= 15 is 0 Å². The lowest BCUT2D eigenvalue weighted by Crippen LogP contribution is -2.32. The van der Waals surface area contributed by atoms with E-state index in [1.807, 2.05) is 30.0 Å². The van der Waals surface area contributed by atoms with Crippen LogP contribution in [0.1, 0.15) is 17.5 Å². The van der Waals surface area contributed by atoms with Crippen molar-refractivity contribution < 1.29 is 19.4 Å². The zero-order chi connectivity index (χ0) is 19.9. The molecule has 1 atom stereocenters. The molecule has 1 unspecified atom stereocenters. The van der Waals surface area contributed by atoms with Gasteiger partial charge in [0.15, 0.2) is 5.17 Å². The van der Waals surface area contributed by atoms with Crippen molar-refractivity contribution in [2.24, 2.45) is 10.2 Å². The minimum absolute atomic E-state index is 0.240. The SMILES string of the molecule is COc1ccc(C=NN=C2NC(=O)C(CC(=O)O)S2)cc1CN1CCSCC1. The highest BCUT2D eigenvalue weighted by atomic mass is 32.2. The lowest BCUT2D eigenvalue weighted by molar-refractivity contribution is -0.138. The van der Waals surface area contributed by atoms with E-state index in [1.54, 1.807) is 13.3 Å². The molecule has 0 bridgehead atoms. The number of rotatable bonds is 7. The molecule has 3 rings (SSSR count). The van der Waals surface area contributed by atoms with Gasteiger partial charge in [0.05, 0.1) is 19.7 Å². The van der Waals surface area contributed by atoms with Crippen molar-refractivity contribution in [1.29, 1.82) is 0 Å². The van der Waals surface area contributed by atoms with Crippen LogP contribution in [0.5, 0.6) is 5.75 Å². The molecule has 0 saturated carbocycles. The van der Waals surface area contributed by atoms with Crippen LogP contribution in [-0.4, -0.2) is 70.2 Å². The first-order chi connectivity index (χ1) is 13.5. The van der Waals surface area contributed by atoms with Crippen LogP contribution in [0.25, 0.3) is 0 Å². The topological polar surface area (TPSA) is 104 Å². The molecule has 150 valence electrons. The number of methoxy groups -OCH3 is 1. The summed E-state index contributed by atoms with van der Waals surface area (Å²) in [6, 6.07) is 5.83. The number of hydrogen-bond acceptors (Lipinski definition) is 8. The molecular formula is C18H22N4O4S2. The van der Waals surface area contributed by atoms with E-state index < -0.39 is 11.2 Å². The van der Waals surface area contributed by atoms with E-state index in [9.17, 15) is 9.59 Å². The zero-order valence-electron chi connectivity index (χ0n) is 15.5. The number of benzene rings is 1. The molecular weight excluding hydrogens is 400 g/mol. The van der Waals surface area contributed by atoms with Crippen LogP contribution < -0.4 is 10.1 Å². The maximum atomic E-state index is 11.7. The van der Waals surface area contributed by atoms with Gasteiger partial charge in [-0.15, -0.1) is 5.10 Å². The van der Waals surface area contributed by atoms with Crippen molar-refractivity contribution >= 4 is 46.8 Å². The third-order valence-corrected chi connectivity index (χ3v) is 6.31. The van der Waals surface area contributed by atoms with Crippen LogP contribution in [0, 0.1) is 0 Å². The van der Waals surface area contributed by atoms with E-state index in [4.69, 9.17) is 9.84 Å². The maximum absolute atomic E-state index is 11.7. The van der Waals surface area contributed by atoms with Crippen LogP contribution >= 0.6 is 23.5 Å². The second kappa shape index (κ2) is 9.94. The number of ether oxygens (including phenoxy) is 1. The van der Waals surface area contributed by atoms with E-state index in [0.717, 1.165) is 59.8 Å². The van der Waals surface area contributed by atoms with Crippen LogP contribution in [-0.2, 0) is 16.1 Å². The number of nitrogens with one attached hydrogen (secondary N) is 1. The molecule has 1 aromatic rings. The van der Waals surface area contributed by atoms with Crippen LogP contribution in [0.15, 0.2) is 28.4 Å². The highest BCUT2D eigenvalue weighted by molar-refractivity contribution is 8.15. The third-order valence-electron chi connectivity index (χ3n) is 4.29. The number of aliphatic carboxylic acids is 1. The molecule has 2 saturated heterocycles. The minimum atomic E-state index is -1.02. The van der Waals surface area contributed by atoms with Crippen molar-refractivity contribution in [2.75, 3.05) is 31.7 Å². The van der Waals surface area contributed by atoms with E-state index in [-0.39, 0.29) is 12.3 Å². The number of nitrogens with zero attached hydrogens (tertiary/aromatic N) is 3. The van der Waals surface area contributed by atoms with Gasteiger partial charge in [-0.25, -0.2) is 0 Å². The van der Waals surface area contributed by atoms with E-state index in [0.29, 0.717) is 5.17 Å². The van der Waals surface area contributed by atoms with E-state index in [2.05, 4.69) is 20.4 Å². The summed E-state index contributed by atoms with van der Waals surface area (Å²) in [5.74, 6) is 1.76. The van der Waals surface area contributed by atoms with Gasteiger partial charge in [0.1, 0.15) is 11.0 Å². The van der Waals surface area contributed by atoms with Gasteiger partial charge in [0, 0.05) is 36.7 Å².